The Labute approximate surface area is 125 Å². The second-order valence-corrected chi connectivity index (χ2v) is 7.68. The minimum absolute atomic E-state index is 0.0450. The molecule has 1 fully saturated rings. The van der Waals surface area contributed by atoms with Crippen LogP contribution in [0.3, 0.4) is 0 Å². The first kappa shape index (κ1) is 14.9. The van der Waals surface area contributed by atoms with Crippen molar-refractivity contribution in [3.05, 3.63) is 28.7 Å². The smallest absolute Gasteiger partial charge is 0.0521 e. The van der Waals surface area contributed by atoms with E-state index in [2.05, 4.69) is 66.3 Å². The number of hydrogen-bond donors (Lipinski definition) is 2. The molecule has 0 aromatic heterocycles. The average molecular weight is 325 g/mol. The molecule has 19 heavy (non-hydrogen) atoms. The summed E-state index contributed by atoms with van der Waals surface area (Å²) in [5.41, 5.74) is 7.78. The van der Waals surface area contributed by atoms with E-state index in [1.807, 2.05) is 0 Å². The lowest BCUT2D eigenvalue weighted by molar-refractivity contribution is 0.120. The second-order valence-electron chi connectivity index (χ2n) is 6.76. The van der Waals surface area contributed by atoms with Crippen molar-refractivity contribution in [1.82, 2.24) is 0 Å². The first-order valence-corrected chi connectivity index (χ1v) is 7.90. The summed E-state index contributed by atoms with van der Waals surface area (Å²) in [7, 11) is 0. The number of nitrogens with one attached hydrogen (secondary N) is 1. The van der Waals surface area contributed by atoms with Crippen LogP contribution in [0.4, 0.5) is 5.69 Å². The zero-order valence-corrected chi connectivity index (χ0v) is 13.8. The van der Waals surface area contributed by atoms with Crippen molar-refractivity contribution in [2.75, 3.05) is 11.9 Å². The Morgan fingerprint density at radius 1 is 1.26 bits per heavy atom. The van der Waals surface area contributed by atoms with Crippen LogP contribution in [0, 0.1) is 11.3 Å². The van der Waals surface area contributed by atoms with Gasteiger partial charge >= 0.3 is 0 Å². The van der Waals surface area contributed by atoms with Crippen LogP contribution in [-0.4, -0.2) is 12.1 Å². The van der Waals surface area contributed by atoms with Gasteiger partial charge in [0.2, 0.25) is 0 Å². The van der Waals surface area contributed by atoms with Crippen molar-refractivity contribution < 1.29 is 0 Å². The lowest BCUT2D eigenvalue weighted by atomic mass is 9.63. The van der Waals surface area contributed by atoms with Crippen LogP contribution in [-0.2, 0) is 0 Å². The van der Waals surface area contributed by atoms with Crippen molar-refractivity contribution in [2.24, 2.45) is 17.1 Å². The van der Waals surface area contributed by atoms with Crippen LogP contribution < -0.4 is 11.1 Å². The molecule has 3 heteroatoms. The van der Waals surface area contributed by atoms with Crippen molar-refractivity contribution in [3.63, 3.8) is 0 Å². The molecule has 1 aliphatic rings. The van der Waals surface area contributed by atoms with Gasteiger partial charge in [0.15, 0.2) is 0 Å². The minimum Gasteiger partial charge on any atom is -0.378 e. The maximum absolute atomic E-state index is 6.12. The number of benzene rings is 1. The summed E-state index contributed by atoms with van der Waals surface area (Å²) >= 11 is 3.48. The Morgan fingerprint density at radius 2 is 1.89 bits per heavy atom. The molecular formula is C16H25BrN2. The van der Waals surface area contributed by atoms with Gasteiger partial charge in [-0.15, -0.1) is 0 Å². The fourth-order valence-electron chi connectivity index (χ4n) is 3.29. The second kappa shape index (κ2) is 5.45. The number of anilines is 1. The third-order valence-electron chi connectivity index (χ3n) is 4.65. The minimum atomic E-state index is 0.0450. The van der Waals surface area contributed by atoms with E-state index in [1.165, 1.54) is 18.5 Å². The van der Waals surface area contributed by atoms with Crippen LogP contribution in [0.5, 0.6) is 0 Å². The molecule has 0 saturated heterocycles. The Bertz CT molecular complexity index is 427. The largest absolute Gasteiger partial charge is 0.378 e. The Balaban J connectivity index is 2.17. The van der Waals surface area contributed by atoms with Gasteiger partial charge in [0.05, 0.1) is 5.54 Å². The third-order valence-corrected chi connectivity index (χ3v) is 5.18. The maximum atomic E-state index is 6.12. The van der Waals surface area contributed by atoms with Gasteiger partial charge in [-0.05, 0) is 54.9 Å². The van der Waals surface area contributed by atoms with Gasteiger partial charge in [0.25, 0.3) is 0 Å². The molecule has 2 rings (SSSR count). The van der Waals surface area contributed by atoms with E-state index in [4.69, 9.17) is 5.73 Å². The van der Waals surface area contributed by atoms with Crippen molar-refractivity contribution in [3.8, 4) is 0 Å². The fourth-order valence-corrected chi connectivity index (χ4v) is 3.56. The van der Waals surface area contributed by atoms with Crippen LogP contribution >= 0.6 is 15.9 Å². The van der Waals surface area contributed by atoms with Crippen LogP contribution in [0.1, 0.15) is 40.0 Å². The molecule has 2 atom stereocenters. The SMILES string of the molecule is CC1CC(C)(C)CCC1(CN)Nc1ccc(Br)cc1. The van der Waals surface area contributed by atoms with Crippen molar-refractivity contribution >= 4 is 21.6 Å². The lowest BCUT2D eigenvalue weighted by Gasteiger charge is -2.49. The first-order chi connectivity index (χ1) is 8.87. The highest BCUT2D eigenvalue weighted by Gasteiger charge is 2.42. The monoisotopic (exact) mass is 324 g/mol. The fraction of sp³-hybridized carbons (Fsp3) is 0.625. The Morgan fingerprint density at radius 3 is 2.42 bits per heavy atom. The topological polar surface area (TPSA) is 38.0 Å². The van der Waals surface area contributed by atoms with Crippen LogP contribution in [0.15, 0.2) is 28.7 Å². The van der Waals surface area contributed by atoms with E-state index in [9.17, 15) is 0 Å². The predicted octanol–water partition coefficient (Wildman–Crippen LogP) is 4.40. The molecule has 3 N–H and O–H groups in total. The van der Waals surface area contributed by atoms with Crippen molar-refractivity contribution in [1.29, 1.82) is 0 Å². The highest BCUT2D eigenvalue weighted by Crippen LogP contribution is 2.44. The first-order valence-electron chi connectivity index (χ1n) is 7.11. The van der Waals surface area contributed by atoms with Gasteiger partial charge in [0, 0.05) is 16.7 Å². The maximum Gasteiger partial charge on any atom is 0.0521 e. The molecule has 1 aliphatic carbocycles. The van der Waals surface area contributed by atoms with E-state index < -0.39 is 0 Å². The van der Waals surface area contributed by atoms with E-state index >= 15 is 0 Å². The predicted molar refractivity (Wildman–Crippen MR) is 86.3 cm³/mol. The van der Waals surface area contributed by atoms with Crippen molar-refractivity contribution in [2.45, 2.75) is 45.6 Å². The highest BCUT2D eigenvalue weighted by atomic mass is 79.9. The summed E-state index contributed by atoms with van der Waals surface area (Å²) in [4.78, 5) is 0. The van der Waals surface area contributed by atoms with Crippen LogP contribution in [0.25, 0.3) is 0 Å². The summed E-state index contributed by atoms with van der Waals surface area (Å²) in [6, 6.07) is 8.38. The number of hydrogen-bond acceptors (Lipinski definition) is 2. The molecule has 1 aromatic rings. The molecule has 0 bridgehead atoms. The highest BCUT2D eigenvalue weighted by molar-refractivity contribution is 9.10. The quantitative estimate of drug-likeness (QED) is 0.864. The molecular weight excluding hydrogens is 300 g/mol. The molecule has 2 nitrogen and oxygen atoms in total. The molecule has 0 heterocycles. The normalized spacial score (nSPS) is 30.1. The molecule has 1 aromatic carbocycles. The molecule has 0 spiro atoms. The van der Waals surface area contributed by atoms with Gasteiger partial charge in [-0.3, -0.25) is 0 Å². The number of halogens is 1. The summed E-state index contributed by atoms with van der Waals surface area (Å²) in [6.07, 6.45) is 3.61. The summed E-state index contributed by atoms with van der Waals surface area (Å²) < 4.78 is 1.11. The molecule has 0 amide bonds. The number of rotatable bonds is 3. The molecule has 106 valence electrons. The van der Waals surface area contributed by atoms with Crippen LogP contribution in [0.2, 0.25) is 0 Å². The molecule has 0 aliphatic heterocycles. The molecule has 2 unspecified atom stereocenters. The molecule has 0 radical (unpaired) electrons. The zero-order chi connectivity index (χ0) is 14.1. The van der Waals surface area contributed by atoms with E-state index in [0.29, 0.717) is 17.9 Å². The lowest BCUT2D eigenvalue weighted by Crippen LogP contribution is -2.54. The average Bonchev–Trinajstić information content (AvgIpc) is 2.35. The Kier molecular flexibility index (Phi) is 4.26. The van der Waals surface area contributed by atoms with Gasteiger partial charge in [-0.25, -0.2) is 0 Å². The molecule has 1 saturated carbocycles. The van der Waals surface area contributed by atoms with Gasteiger partial charge in [0.1, 0.15) is 0 Å². The van der Waals surface area contributed by atoms with E-state index in [-0.39, 0.29) is 5.54 Å². The van der Waals surface area contributed by atoms with Gasteiger partial charge in [-0.2, -0.15) is 0 Å². The zero-order valence-electron chi connectivity index (χ0n) is 12.2. The van der Waals surface area contributed by atoms with Gasteiger partial charge in [-0.1, -0.05) is 36.7 Å². The number of nitrogens with two attached hydrogens (primary N) is 1. The third kappa shape index (κ3) is 3.32. The standard InChI is InChI=1S/C16H25BrN2/c1-12-10-15(2,3)8-9-16(12,11-18)19-14-6-4-13(17)5-7-14/h4-7,12,19H,8-11,18H2,1-3H3. The summed E-state index contributed by atoms with van der Waals surface area (Å²) in [5.74, 6) is 0.588. The summed E-state index contributed by atoms with van der Waals surface area (Å²) in [5, 5.41) is 3.71. The van der Waals surface area contributed by atoms with E-state index in [1.54, 1.807) is 0 Å². The Hall–Kier alpha value is -0.540. The summed E-state index contributed by atoms with van der Waals surface area (Å²) in [6.45, 7) is 7.76. The van der Waals surface area contributed by atoms with Gasteiger partial charge < -0.3 is 11.1 Å². The van der Waals surface area contributed by atoms with E-state index in [0.717, 1.165) is 10.9 Å².